The fourth-order valence-electron chi connectivity index (χ4n) is 6.45. The van der Waals surface area contributed by atoms with Crippen LogP contribution >= 0.6 is 11.3 Å². The third-order valence-corrected chi connectivity index (χ3v) is 10.0. The average Bonchev–Trinajstić information content (AvgIpc) is 1.33. The van der Waals surface area contributed by atoms with Crippen LogP contribution in [-0.4, -0.2) is 0 Å². The topological polar surface area (TPSA) is 3.24 Å². The monoisotopic (exact) mass is 785 g/mol. The van der Waals surface area contributed by atoms with Gasteiger partial charge in [0.1, 0.15) is 0 Å². The van der Waals surface area contributed by atoms with E-state index in [4.69, 9.17) is 30.2 Å². The van der Waals surface area contributed by atoms with Crippen molar-refractivity contribution in [3.05, 3.63) is 211 Å². The number of hydrogen-bond acceptors (Lipinski definition) is 2. The van der Waals surface area contributed by atoms with Gasteiger partial charge in [-0.2, -0.15) is 0 Å². The van der Waals surface area contributed by atoms with Crippen LogP contribution in [0.4, 0.5) is 17.1 Å². The number of nitrogens with zero attached hydrogens (tertiary/aromatic N) is 1. The number of thiophene rings is 1. The first-order valence-electron chi connectivity index (χ1n) is 36.1. The molecule has 0 amide bonds. The molecule has 11 rings (SSSR count). The predicted molar refractivity (Wildman–Crippen MR) is 245 cm³/mol. The zero-order chi connectivity index (χ0) is 71.8. The first-order valence-corrected chi connectivity index (χ1v) is 17.4. The van der Waals surface area contributed by atoms with Crippen LogP contribution in [0.1, 0.15) is 78.3 Å². The molecule has 0 fully saturated rings. The van der Waals surface area contributed by atoms with E-state index in [9.17, 15) is 23.3 Å². The number of benzene rings is 9. The minimum atomic E-state index is -4.09. The van der Waals surface area contributed by atoms with Gasteiger partial charge in [-0.25, -0.2) is 0 Å². The molecule has 0 aliphatic heterocycles. The van der Waals surface area contributed by atoms with E-state index < -0.39 is 302 Å². The lowest BCUT2D eigenvalue weighted by Gasteiger charge is -2.28. The number of hydrogen-bond donors (Lipinski definition) is 0. The summed E-state index contributed by atoms with van der Waals surface area (Å²) >= 11 is 0.524. The Labute approximate surface area is 392 Å². The first kappa shape index (κ1) is 12.4. The van der Waals surface area contributed by atoms with Gasteiger partial charge in [-0.3, -0.25) is 0 Å². The van der Waals surface area contributed by atoms with Crippen LogP contribution in [0.5, 0.6) is 0 Å². The van der Waals surface area contributed by atoms with Crippen LogP contribution in [0.25, 0.3) is 75.5 Å². The second kappa shape index (κ2) is 13.2. The molecule has 270 valence electrons. The van der Waals surface area contributed by atoms with E-state index in [1.807, 2.05) is 0 Å². The van der Waals surface area contributed by atoms with Gasteiger partial charge in [-0.05, 0) is 115 Å². The molecule has 0 atom stereocenters. The fraction of sp³-hybridized carbons (Fsp3) is 0.0545. The van der Waals surface area contributed by atoms with Crippen molar-refractivity contribution in [3.8, 4) is 44.5 Å². The Balaban J connectivity index is 1.36. The van der Waals surface area contributed by atoms with E-state index in [0.29, 0.717) is 11.3 Å². The van der Waals surface area contributed by atoms with Crippen LogP contribution in [0.3, 0.4) is 0 Å². The lowest BCUT2D eigenvalue weighted by molar-refractivity contribution is 0.660. The van der Waals surface area contributed by atoms with E-state index in [1.54, 1.807) is 0 Å². The highest BCUT2D eigenvalue weighted by molar-refractivity contribution is 7.25. The summed E-state index contributed by atoms with van der Waals surface area (Å²) in [4.78, 5) is 0.0916. The van der Waals surface area contributed by atoms with Crippen LogP contribution < -0.4 is 4.90 Å². The third-order valence-electron chi connectivity index (χ3n) is 9.02. The summed E-state index contributed by atoms with van der Waals surface area (Å²) in [6, 6.07) is -38.3. The summed E-state index contributed by atoms with van der Waals surface area (Å²) < 4.78 is 356. The summed E-state index contributed by atoms with van der Waals surface area (Å²) in [5, 5.41) is -2.33. The van der Waals surface area contributed by atoms with Gasteiger partial charge in [0.25, 0.3) is 0 Å². The molecule has 1 nitrogen and oxygen atoms in total. The predicted octanol–water partition coefficient (Wildman–Crippen LogP) is 16.0. The molecule has 2 heteroatoms. The normalized spacial score (nSPS) is 23.0. The second-order valence-corrected chi connectivity index (χ2v) is 13.3. The molecule has 9 aromatic carbocycles. The smallest absolute Gasteiger partial charge is 0.0648 e. The van der Waals surface area contributed by atoms with Crippen molar-refractivity contribution in [1.29, 1.82) is 0 Å². The fourth-order valence-corrected chi connectivity index (χ4v) is 7.41. The van der Waals surface area contributed by atoms with Gasteiger partial charge in [0, 0.05) is 50.9 Å². The molecule has 0 saturated carbocycles. The molecule has 0 saturated heterocycles. The number of rotatable bonds is 6. The van der Waals surface area contributed by atoms with E-state index in [0.717, 1.165) is 0 Å². The molecular formula is C55H39NS. The Morgan fingerprint density at radius 2 is 1.02 bits per heavy atom. The van der Waals surface area contributed by atoms with Crippen molar-refractivity contribution in [3.63, 3.8) is 0 Å². The minimum absolute atomic E-state index is 0.0916. The van der Waals surface area contributed by atoms with Crippen LogP contribution in [0.15, 0.2) is 199 Å². The lowest BCUT2D eigenvalue weighted by Crippen LogP contribution is -2.16. The van der Waals surface area contributed by atoms with Crippen molar-refractivity contribution in [1.82, 2.24) is 0 Å². The summed E-state index contributed by atoms with van der Waals surface area (Å²) in [6.07, 6.45) is 0. The van der Waals surface area contributed by atoms with Gasteiger partial charge in [-0.15, -0.1) is 11.3 Å². The third kappa shape index (κ3) is 5.51. The minimum Gasteiger partial charge on any atom is -0.310 e. The molecule has 0 bridgehead atoms. The average molecular weight is 785 g/mol. The summed E-state index contributed by atoms with van der Waals surface area (Å²) in [5.74, 6) is 0. The molecule has 1 aliphatic rings. The quantitative estimate of drug-likeness (QED) is 0.162. The van der Waals surface area contributed by atoms with Crippen LogP contribution in [0, 0.1) is 0 Å². The Hall–Kier alpha value is -6.74. The van der Waals surface area contributed by atoms with Crippen LogP contribution in [0.2, 0.25) is 0 Å². The lowest BCUT2D eigenvalue weighted by atomic mass is 9.82. The van der Waals surface area contributed by atoms with Gasteiger partial charge in [0.2, 0.25) is 0 Å². The van der Waals surface area contributed by atoms with E-state index in [-0.39, 0.29) is 25.1 Å². The molecule has 1 heterocycles. The van der Waals surface area contributed by atoms with Gasteiger partial charge in [0.15, 0.2) is 0 Å². The van der Waals surface area contributed by atoms with E-state index >= 15 is 0 Å². The maximum atomic E-state index is 10.1. The van der Waals surface area contributed by atoms with Crippen molar-refractivity contribution in [2.24, 2.45) is 0 Å². The molecular weight excluding hydrogens is 707 g/mol. The highest BCUT2D eigenvalue weighted by Gasteiger charge is 2.35. The zero-order valence-electron chi connectivity index (χ0n) is 67.4. The summed E-state index contributed by atoms with van der Waals surface area (Å²) in [7, 11) is 0. The highest BCUT2D eigenvalue weighted by atomic mass is 32.1. The SMILES string of the molecule is [2H]c1c([2H])c([2H])c(-c2c([2H])c([2H])c(N(c3c([2H])c([2H])c(-c4c([2H])c([2H])c5c([2H])c([2H])c([2H])c([2H])c5c4-c4c([2H])c([2H])c5c(sc6c([2H])c([2H])c([2H])c([2H])c65)c4[2H])c([2H])c3[2H])c3c([2H])c([2H])c4c(c3[2H])C(C([2H])([2H])[2H])(C([2H])([2H])[2H])c3c([2H])c([2H])c([2H])c([2H])c3-4)c([2H])c2[2H])c([2H])c1[2H]. The van der Waals surface area contributed by atoms with Crippen molar-refractivity contribution in [2.45, 2.75) is 19.1 Å². The molecule has 0 radical (unpaired) electrons. The molecule has 1 aliphatic carbocycles. The molecule has 57 heavy (non-hydrogen) atoms. The van der Waals surface area contributed by atoms with Crippen molar-refractivity contribution >= 4 is 59.3 Å². The second-order valence-electron chi connectivity index (χ2n) is 12.3. The number of anilines is 3. The Kier molecular flexibility index (Phi) is 2.86. The van der Waals surface area contributed by atoms with Gasteiger partial charge >= 0.3 is 0 Å². The van der Waals surface area contributed by atoms with Crippen molar-refractivity contribution in [2.75, 3.05) is 4.90 Å². The summed E-state index contributed by atoms with van der Waals surface area (Å²) in [5.41, 5.74) is -18.9. The maximum absolute atomic E-state index is 10.1. The maximum Gasteiger partial charge on any atom is 0.0648 e. The first-order chi connectivity index (χ1) is 44.3. The molecule has 0 spiro atoms. The van der Waals surface area contributed by atoms with Gasteiger partial charge in [0.05, 0.1) is 45.2 Å². The Bertz CT molecular complexity index is 5210. The molecule has 0 N–H and O–H groups in total. The van der Waals surface area contributed by atoms with E-state index in [1.165, 1.54) is 0 Å². The molecule has 10 aromatic rings. The highest BCUT2D eigenvalue weighted by Crippen LogP contribution is 2.51. The van der Waals surface area contributed by atoms with Crippen molar-refractivity contribution < 1.29 is 53.5 Å². The van der Waals surface area contributed by atoms with Crippen LogP contribution in [-0.2, 0) is 5.41 Å². The van der Waals surface area contributed by atoms with E-state index in [2.05, 4.69) is 0 Å². The summed E-state index contributed by atoms with van der Waals surface area (Å²) in [6.45, 7) is -8.19. The molecule has 1 aromatic heterocycles. The van der Waals surface area contributed by atoms with Gasteiger partial charge < -0.3 is 4.90 Å². The van der Waals surface area contributed by atoms with Gasteiger partial charge in [-0.1, -0.05) is 165 Å². The Morgan fingerprint density at radius 3 is 1.82 bits per heavy atom. The zero-order valence-corrected chi connectivity index (χ0v) is 29.2. The number of fused-ring (bicyclic) bond motifs is 7. The largest absolute Gasteiger partial charge is 0.310 e. The molecule has 0 unspecified atom stereocenters. The standard InChI is InChI=1S/C55H39NS/c1-55(2)50-18-10-8-16-46(50)47-33-30-43(35-51(47)55)56(41-26-20-37(21-27-41)36-12-4-3-5-13-36)42-28-22-39(23-29-42)45-31-24-38-14-6-7-15-44(38)54(45)40-25-32-49-48-17-9-11-19-52(48)57-53(49)34-40/h3-35H,1-2H3/i1D3,2D3,3D,4D,5D,6D,7D,8D,9D,10D,11D,12D,13D,14D,15D,16D,17D,18D,19D,20D,21D,22D,23D,24D,25D,26D,27D,28D,29D,30D,31D,32D,33D,34D,35D. The Morgan fingerprint density at radius 1 is 0.421 bits per heavy atom.